The molecule has 7 heteroatoms. The number of benzene rings is 1. The third-order valence-electron chi connectivity index (χ3n) is 6.02. The van der Waals surface area contributed by atoms with E-state index >= 15 is 0 Å². The molecule has 0 aromatic heterocycles. The third-order valence-corrected chi connectivity index (χ3v) is 6.99. The zero-order chi connectivity index (χ0) is 20.1. The van der Waals surface area contributed by atoms with Gasteiger partial charge in [-0.15, -0.1) is 0 Å². The Bertz CT molecular complexity index is 885. The number of ether oxygens (including phenoxy) is 1. The zero-order valence-corrected chi connectivity index (χ0v) is 17.3. The van der Waals surface area contributed by atoms with Gasteiger partial charge in [-0.05, 0) is 37.5 Å². The van der Waals surface area contributed by atoms with Crippen molar-refractivity contribution in [2.45, 2.75) is 57.7 Å². The highest BCUT2D eigenvalue weighted by atomic mass is 32.2. The Hall–Kier alpha value is -2.20. The predicted octanol–water partition coefficient (Wildman–Crippen LogP) is 2.91. The number of nitriles is 1. The highest BCUT2D eigenvalue weighted by Crippen LogP contribution is 2.54. The Kier molecular flexibility index (Phi) is 4.58. The standard InChI is InChI=1S/C21H26N4O2S/c1-20(2,3)18(26)24-13-5-7-17-15(9-13)21(11-28-19(23)25-21)14-8-12(10-22)4-6-16(14)27-17/h4,6,8,13,15,17H,5,7,9,11H2,1-3H3,(H2,23,25)(H,24,26)/t13-,15+,17+,21+/m1/s1. The summed E-state index contributed by atoms with van der Waals surface area (Å²) in [6, 6.07) is 7.88. The monoisotopic (exact) mass is 398 g/mol. The molecule has 1 aromatic carbocycles. The van der Waals surface area contributed by atoms with Crippen LogP contribution < -0.4 is 15.8 Å². The number of carbonyl (C=O) groups excluding carboxylic acids is 1. The first kappa shape index (κ1) is 19.1. The van der Waals surface area contributed by atoms with Crippen LogP contribution in [0.1, 0.15) is 51.2 Å². The molecule has 2 aliphatic heterocycles. The molecule has 2 heterocycles. The first-order chi connectivity index (χ1) is 13.2. The normalized spacial score (nSPS) is 31.2. The van der Waals surface area contributed by atoms with E-state index in [-0.39, 0.29) is 24.0 Å². The number of nitrogens with zero attached hydrogens (tertiary/aromatic N) is 2. The summed E-state index contributed by atoms with van der Waals surface area (Å²) in [6.45, 7) is 5.78. The van der Waals surface area contributed by atoms with Crippen LogP contribution in [0.2, 0.25) is 0 Å². The van der Waals surface area contributed by atoms with E-state index in [9.17, 15) is 10.1 Å². The molecule has 0 saturated heterocycles. The number of fused-ring (bicyclic) bond motifs is 4. The number of hydrogen-bond acceptors (Lipinski definition) is 6. The van der Waals surface area contributed by atoms with Gasteiger partial charge in [-0.2, -0.15) is 5.26 Å². The predicted molar refractivity (Wildman–Crippen MR) is 110 cm³/mol. The summed E-state index contributed by atoms with van der Waals surface area (Å²) < 4.78 is 6.34. The van der Waals surface area contributed by atoms with Crippen molar-refractivity contribution in [1.82, 2.24) is 5.32 Å². The van der Waals surface area contributed by atoms with Gasteiger partial charge in [-0.1, -0.05) is 32.5 Å². The van der Waals surface area contributed by atoms with Crippen molar-refractivity contribution in [3.05, 3.63) is 29.3 Å². The average molecular weight is 399 g/mol. The number of thioether (sulfide) groups is 1. The van der Waals surface area contributed by atoms with E-state index in [0.717, 1.165) is 36.3 Å². The van der Waals surface area contributed by atoms with Crippen molar-refractivity contribution < 1.29 is 9.53 Å². The lowest BCUT2D eigenvalue weighted by atomic mass is 9.67. The number of amidine groups is 1. The highest BCUT2D eigenvalue weighted by molar-refractivity contribution is 8.14. The van der Waals surface area contributed by atoms with Gasteiger partial charge in [0.05, 0.1) is 11.6 Å². The fourth-order valence-electron chi connectivity index (χ4n) is 4.50. The van der Waals surface area contributed by atoms with Gasteiger partial charge in [0.25, 0.3) is 0 Å². The largest absolute Gasteiger partial charge is 0.490 e. The number of hydrogen-bond donors (Lipinski definition) is 2. The van der Waals surface area contributed by atoms with Crippen molar-refractivity contribution in [3.8, 4) is 11.8 Å². The molecule has 0 bridgehead atoms. The van der Waals surface area contributed by atoms with E-state index in [0.29, 0.717) is 10.7 Å². The number of amides is 1. The molecular formula is C21H26N4O2S. The van der Waals surface area contributed by atoms with E-state index < -0.39 is 11.0 Å². The van der Waals surface area contributed by atoms with Crippen LogP contribution in [0.5, 0.6) is 5.75 Å². The molecule has 4 rings (SSSR count). The van der Waals surface area contributed by atoms with Crippen molar-refractivity contribution in [2.75, 3.05) is 5.75 Å². The lowest BCUT2D eigenvalue weighted by molar-refractivity contribution is -0.130. The summed E-state index contributed by atoms with van der Waals surface area (Å²) in [5, 5.41) is 13.2. The van der Waals surface area contributed by atoms with Gasteiger partial charge in [0.1, 0.15) is 17.4 Å². The van der Waals surface area contributed by atoms with Crippen LogP contribution in [-0.2, 0) is 10.3 Å². The highest BCUT2D eigenvalue weighted by Gasteiger charge is 2.54. The molecule has 1 aromatic rings. The van der Waals surface area contributed by atoms with Crippen molar-refractivity contribution in [3.63, 3.8) is 0 Å². The van der Waals surface area contributed by atoms with E-state index in [2.05, 4.69) is 11.4 Å². The smallest absolute Gasteiger partial charge is 0.225 e. The summed E-state index contributed by atoms with van der Waals surface area (Å²) in [5.74, 6) is 1.72. The van der Waals surface area contributed by atoms with Gasteiger partial charge in [0, 0.05) is 28.7 Å². The van der Waals surface area contributed by atoms with Gasteiger partial charge in [-0.3, -0.25) is 4.79 Å². The topological polar surface area (TPSA) is 100 Å². The molecule has 1 amide bonds. The van der Waals surface area contributed by atoms with Gasteiger partial charge in [-0.25, -0.2) is 4.99 Å². The second-order valence-electron chi connectivity index (χ2n) is 8.98. The van der Waals surface area contributed by atoms with Gasteiger partial charge >= 0.3 is 0 Å². The second kappa shape index (κ2) is 6.70. The maximum atomic E-state index is 12.5. The van der Waals surface area contributed by atoms with Crippen LogP contribution in [0, 0.1) is 22.7 Å². The Morgan fingerprint density at radius 2 is 2.21 bits per heavy atom. The minimum atomic E-state index is -0.495. The lowest BCUT2D eigenvalue weighted by Gasteiger charge is -2.49. The second-order valence-corrected chi connectivity index (χ2v) is 9.98. The summed E-state index contributed by atoms with van der Waals surface area (Å²) in [6.07, 6.45) is 2.58. The molecule has 0 radical (unpaired) electrons. The van der Waals surface area contributed by atoms with Crippen LogP contribution in [0.3, 0.4) is 0 Å². The third kappa shape index (κ3) is 3.14. The Balaban J connectivity index is 1.70. The van der Waals surface area contributed by atoms with Crippen molar-refractivity contribution in [1.29, 1.82) is 5.26 Å². The first-order valence-corrected chi connectivity index (χ1v) is 10.7. The van der Waals surface area contributed by atoms with Crippen molar-refractivity contribution >= 4 is 22.8 Å². The van der Waals surface area contributed by atoms with Gasteiger partial charge < -0.3 is 15.8 Å². The number of aliphatic imine (C=N–C) groups is 1. The SMILES string of the molecule is CC(C)(C)C(=O)N[C@@H]1CC[C@@H]2Oc3ccc(C#N)cc3[C@@]3(CSC(N)=N3)[C@H]2C1. The summed E-state index contributed by atoms with van der Waals surface area (Å²) in [4.78, 5) is 17.4. The van der Waals surface area contributed by atoms with Crippen LogP contribution in [0.4, 0.5) is 0 Å². The molecule has 6 nitrogen and oxygen atoms in total. The molecule has 1 fully saturated rings. The van der Waals surface area contributed by atoms with Crippen molar-refractivity contribution in [2.24, 2.45) is 22.1 Å². The fourth-order valence-corrected chi connectivity index (χ4v) is 5.53. The molecule has 3 aliphatic rings. The molecule has 3 N–H and O–H groups in total. The van der Waals surface area contributed by atoms with E-state index in [4.69, 9.17) is 15.5 Å². The Labute approximate surface area is 169 Å². The number of carbonyl (C=O) groups is 1. The summed E-state index contributed by atoms with van der Waals surface area (Å²) >= 11 is 1.56. The minimum absolute atomic E-state index is 0.0403. The molecule has 148 valence electrons. The van der Waals surface area contributed by atoms with E-state index in [1.807, 2.05) is 32.9 Å². The molecular weight excluding hydrogens is 372 g/mol. The lowest BCUT2D eigenvalue weighted by Crippen LogP contribution is -2.55. The molecule has 1 aliphatic carbocycles. The number of nitrogens with two attached hydrogens (primary N) is 1. The first-order valence-electron chi connectivity index (χ1n) is 9.73. The summed E-state index contributed by atoms with van der Waals surface area (Å²) in [5.41, 5.74) is 6.73. The minimum Gasteiger partial charge on any atom is -0.490 e. The summed E-state index contributed by atoms with van der Waals surface area (Å²) in [7, 11) is 0. The number of rotatable bonds is 1. The fraction of sp³-hybridized carbons (Fsp3) is 0.571. The zero-order valence-electron chi connectivity index (χ0n) is 16.5. The van der Waals surface area contributed by atoms with Crippen LogP contribution in [0.25, 0.3) is 0 Å². The van der Waals surface area contributed by atoms with E-state index in [1.54, 1.807) is 17.8 Å². The maximum absolute atomic E-state index is 12.5. The van der Waals surface area contributed by atoms with Gasteiger partial charge in [0.15, 0.2) is 5.17 Å². The molecule has 1 spiro atoms. The number of nitrogens with one attached hydrogen (secondary N) is 1. The van der Waals surface area contributed by atoms with Gasteiger partial charge in [0.2, 0.25) is 5.91 Å². The van der Waals surface area contributed by atoms with Crippen LogP contribution in [0.15, 0.2) is 23.2 Å². The maximum Gasteiger partial charge on any atom is 0.225 e. The van der Waals surface area contributed by atoms with E-state index in [1.165, 1.54) is 0 Å². The quantitative estimate of drug-likeness (QED) is 0.757. The average Bonchev–Trinajstić information content (AvgIpc) is 3.04. The molecule has 4 atom stereocenters. The van der Waals surface area contributed by atoms with Crippen LogP contribution >= 0.6 is 11.8 Å². The Morgan fingerprint density at radius 3 is 2.86 bits per heavy atom. The molecule has 28 heavy (non-hydrogen) atoms. The van der Waals surface area contributed by atoms with Crippen LogP contribution in [-0.4, -0.2) is 29.0 Å². The Morgan fingerprint density at radius 1 is 1.43 bits per heavy atom. The molecule has 0 unspecified atom stereocenters. The molecule has 1 saturated carbocycles.